The fraction of sp³-hybridized carbons (Fsp3) is 0.167. The Morgan fingerprint density at radius 3 is 2.86 bits per heavy atom. The minimum Gasteiger partial charge on any atom is -0.325 e. The van der Waals surface area contributed by atoms with Gasteiger partial charge in [0, 0.05) is 15.6 Å². The molecule has 0 amide bonds. The molecule has 1 aromatic carbocycles. The molecule has 2 N–H and O–H groups in total. The second-order valence-electron chi connectivity index (χ2n) is 3.40. The van der Waals surface area contributed by atoms with Gasteiger partial charge in [-0.3, -0.25) is 0 Å². The molecule has 0 fully saturated rings. The summed E-state index contributed by atoms with van der Waals surface area (Å²) in [6.07, 6.45) is 4.11. The molecule has 2 aromatic rings. The van der Waals surface area contributed by atoms with Crippen LogP contribution >= 0.6 is 11.3 Å². The zero-order valence-corrected chi connectivity index (χ0v) is 8.92. The highest BCUT2D eigenvalue weighted by Crippen LogP contribution is 2.26. The number of thiophene rings is 1. The lowest BCUT2D eigenvalue weighted by molar-refractivity contribution is 0.931. The highest BCUT2D eigenvalue weighted by atomic mass is 32.1. The Morgan fingerprint density at radius 2 is 2.14 bits per heavy atom. The lowest BCUT2D eigenvalue weighted by Gasteiger charge is -1.91. The standard InChI is InChI=1S/C12H13NS/c1-9(13)6-7-11-8-10-4-2-3-5-12(10)14-11/h2-9H,13H2,1H3/b7-6+. The highest BCUT2D eigenvalue weighted by Gasteiger charge is 1.97. The quantitative estimate of drug-likeness (QED) is 0.796. The summed E-state index contributed by atoms with van der Waals surface area (Å²) in [6.45, 7) is 1.98. The Labute approximate surface area is 87.9 Å². The summed E-state index contributed by atoms with van der Waals surface area (Å²) in [5.41, 5.74) is 5.65. The van der Waals surface area contributed by atoms with Crippen molar-refractivity contribution in [3.8, 4) is 0 Å². The maximum absolute atomic E-state index is 5.65. The largest absolute Gasteiger partial charge is 0.325 e. The molecular formula is C12H13NS. The van der Waals surface area contributed by atoms with Crippen molar-refractivity contribution in [2.24, 2.45) is 5.73 Å². The van der Waals surface area contributed by atoms with Crippen molar-refractivity contribution in [2.75, 3.05) is 0 Å². The van der Waals surface area contributed by atoms with Crippen LogP contribution in [-0.2, 0) is 0 Å². The van der Waals surface area contributed by atoms with Crippen molar-refractivity contribution in [3.63, 3.8) is 0 Å². The first-order valence-corrected chi connectivity index (χ1v) is 5.50. The summed E-state index contributed by atoms with van der Waals surface area (Å²) >= 11 is 1.80. The minimum absolute atomic E-state index is 0.125. The molecular weight excluding hydrogens is 190 g/mol. The van der Waals surface area contributed by atoms with E-state index >= 15 is 0 Å². The molecule has 0 saturated heterocycles. The number of hydrogen-bond donors (Lipinski definition) is 1. The molecule has 1 unspecified atom stereocenters. The van der Waals surface area contributed by atoms with E-state index in [2.05, 4.69) is 36.4 Å². The summed E-state index contributed by atoms with van der Waals surface area (Å²) in [7, 11) is 0. The van der Waals surface area contributed by atoms with Crippen molar-refractivity contribution in [1.82, 2.24) is 0 Å². The molecule has 0 radical (unpaired) electrons. The normalized spacial score (nSPS) is 13.9. The maximum Gasteiger partial charge on any atom is 0.0349 e. The number of nitrogens with two attached hydrogens (primary N) is 1. The second kappa shape index (κ2) is 3.95. The smallest absolute Gasteiger partial charge is 0.0349 e. The van der Waals surface area contributed by atoms with Crippen molar-refractivity contribution in [3.05, 3.63) is 41.3 Å². The van der Waals surface area contributed by atoms with Crippen LogP contribution in [0.25, 0.3) is 16.2 Å². The first-order chi connectivity index (χ1) is 6.75. The van der Waals surface area contributed by atoms with Gasteiger partial charge in [-0.05, 0) is 30.5 Å². The van der Waals surface area contributed by atoms with E-state index < -0.39 is 0 Å². The van der Waals surface area contributed by atoms with Crippen LogP contribution in [0.5, 0.6) is 0 Å². The highest BCUT2D eigenvalue weighted by molar-refractivity contribution is 7.19. The molecule has 1 nitrogen and oxygen atoms in total. The lowest BCUT2D eigenvalue weighted by Crippen LogP contribution is -2.09. The average Bonchev–Trinajstić information content (AvgIpc) is 2.57. The number of rotatable bonds is 2. The Bertz CT molecular complexity index is 421. The van der Waals surface area contributed by atoms with Gasteiger partial charge < -0.3 is 5.73 Å². The van der Waals surface area contributed by atoms with Crippen LogP contribution in [0, 0.1) is 0 Å². The van der Waals surface area contributed by atoms with E-state index in [9.17, 15) is 0 Å². The van der Waals surface area contributed by atoms with Gasteiger partial charge >= 0.3 is 0 Å². The second-order valence-corrected chi connectivity index (χ2v) is 4.52. The summed E-state index contributed by atoms with van der Waals surface area (Å²) in [5.74, 6) is 0. The molecule has 0 bridgehead atoms. The fourth-order valence-electron chi connectivity index (χ4n) is 1.33. The van der Waals surface area contributed by atoms with E-state index in [1.807, 2.05) is 13.0 Å². The predicted molar refractivity (Wildman–Crippen MR) is 64.5 cm³/mol. The molecule has 2 heteroatoms. The fourth-order valence-corrected chi connectivity index (χ4v) is 2.31. The molecule has 0 aliphatic heterocycles. The zero-order valence-electron chi connectivity index (χ0n) is 8.10. The molecule has 14 heavy (non-hydrogen) atoms. The van der Waals surface area contributed by atoms with Crippen LogP contribution in [0.15, 0.2) is 36.4 Å². The van der Waals surface area contributed by atoms with Crippen LogP contribution in [0.1, 0.15) is 11.8 Å². The van der Waals surface area contributed by atoms with Gasteiger partial charge in [-0.1, -0.05) is 24.3 Å². The number of fused-ring (bicyclic) bond motifs is 1. The van der Waals surface area contributed by atoms with E-state index in [-0.39, 0.29) is 6.04 Å². The van der Waals surface area contributed by atoms with Gasteiger partial charge in [0.15, 0.2) is 0 Å². The Kier molecular flexibility index (Phi) is 2.66. The van der Waals surface area contributed by atoms with Crippen LogP contribution < -0.4 is 5.73 Å². The SMILES string of the molecule is CC(N)/C=C/c1cc2ccccc2s1. The zero-order chi connectivity index (χ0) is 9.97. The van der Waals surface area contributed by atoms with Gasteiger partial charge in [0.05, 0.1) is 0 Å². The molecule has 1 aromatic heterocycles. The van der Waals surface area contributed by atoms with Crippen molar-refractivity contribution < 1.29 is 0 Å². The average molecular weight is 203 g/mol. The van der Waals surface area contributed by atoms with E-state index in [1.54, 1.807) is 11.3 Å². The number of benzene rings is 1. The summed E-state index contributed by atoms with van der Waals surface area (Å²) < 4.78 is 1.33. The van der Waals surface area contributed by atoms with E-state index in [4.69, 9.17) is 5.73 Å². The monoisotopic (exact) mass is 203 g/mol. The van der Waals surface area contributed by atoms with E-state index in [0.717, 1.165) is 0 Å². The van der Waals surface area contributed by atoms with Gasteiger partial charge in [0.25, 0.3) is 0 Å². The Morgan fingerprint density at radius 1 is 1.36 bits per heavy atom. The molecule has 0 spiro atoms. The molecule has 1 atom stereocenters. The van der Waals surface area contributed by atoms with Crippen LogP contribution in [-0.4, -0.2) is 6.04 Å². The Balaban J connectivity index is 2.36. The molecule has 72 valence electrons. The van der Waals surface area contributed by atoms with E-state index in [0.29, 0.717) is 0 Å². The van der Waals surface area contributed by atoms with Gasteiger partial charge in [-0.15, -0.1) is 11.3 Å². The maximum atomic E-state index is 5.65. The van der Waals surface area contributed by atoms with E-state index in [1.165, 1.54) is 15.0 Å². The van der Waals surface area contributed by atoms with Gasteiger partial charge in [-0.25, -0.2) is 0 Å². The first-order valence-electron chi connectivity index (χ1n) is 4.68. The third kappa shape index (κ3) is 2.03. The third-order valence-corrected chi connectivity index (χ3v) is 3.09. The molecule has 2 rings (SSSR count). The lowest BCUT2D eigenvalue weighted by atomic mass is 10.2. The summed E-state index contributed by atoms with van der Waals surface area (Å²) in [5, 5.41) is 1.31. The molecule has 0 saturated carbocycles. The third-order valence-electron chi connectivity index (χ3n) is 2.01. The predicted octanol–water partition coefficient (Wildman–Crippen LogP) is 3.26. The van der Waals surface area contributed by atoms with Crippen LogP contribution in [0.2, 0.25) is 0 Å². The minimum atomic E-state index is 0.125. The van der Waals surface area contributed by atoms with Gasteiger partial charge in [0.2, 0.25) is 0 Å². The van der Waals surface area contributed by atoms with Crippen molar-refractivity contribution in [1.29, 1.82) is 0 Å². The van der Waals surface area contributed by atoms with Crippen LogP contribution in [0.4, 0.5) is 0 Å². The van der Waals surface area contributed by atoms with Crippen molar-refractivity contribution in [2.45, 2.75) is 13.0 Å². The summed E-state index contributed by atoms with van der Waals surface area (Å²) in [4.78, 5) is 1.27. The Hall–Kier alpha value is -1.12. The number of hydrogen-bond acceptors (Lipinski definition) is 2. The van der Waals surface area contributed by atoms with Crippen molar-refractivity contribution >= 4 is 27.5 Å². The first kappa shape index (κ1) is 9.44. The topological polar surface area (TPSA) is 26.0 Å². The van der Waals surface area contributed by atoms with Crippen LogP contribution in [0.3, 0.4) is 0 Å². The molecule has 0 aliphatic carbocycles. The molecule has 1 heterocycles. The van der Waals surface area contributed by atoms with Gasteiger partial charge in [-0.2, -0.15) is 0 Å². The van der Waals surface area contributed by atoms with Gasteiger partial charge in [0.1, 0.15) is 0 Å². The molecule has 0 aliphatic rings. The summed E-state index contributed by atoms with van der Waals surface area (Å²) in [6, 6.07) is 10.7.